The minimum atomic E-state index is -0.585. The van der Waals surface area contributed by atoms with Crippen molar-refractivity contribution in [2.45, 2.75) is 6.92 Å². The Bertz CT molecular complexity index is 1310. The SMILES string of the molecule is CCOC(=O)c1nc(Nc2ccc(NC(=O)Nc3ccc(OC)cc3)cc2)c2ccccc2n1. The second kappa shape index (κ2) is 10.3. The van der Waals surface area contributed by atoms with Gasteiger partial charge in [-0.05, 0) is 67.6 Å². The minimum Gasteiger partial charge on any atom is -0.497 e. The van der Waals surface area contributed by atoms with E-state index in [-0.39, 0.29) is 18.5 Å². The second-order valence-electron chi connectivity index (χ2n) is 7.14. The van der Waals surface area contributed by atoms with Crippen molar-refractivity contribution in [3.05, 3.63) is 78.6 Å². The highest BCUT2D eigenvalue weighted by Crippen LogP contribution is 2.25. The Morgan fingerprint density at radius 1 is 0.824 bits per heavy atom. The molecule has 0 aliphatic carbocycles. The van der Waals surface area contributed by atoms with Crippen molar-refractivity contribution < 1.29 is 19.1 Å². The van der Waals surface area contributed by atoms with Crippen LogP contribution in [0.3, 0.4) is 0 Å². The van der Waals surface area contributed by atoms with Crippen LogP contribution >= 0.6 is 0 Å². The number of amides is 2. The molecule has 1 heterocycles. The number of urea groups is 1. The number of para-hydroxylation sites is 1. The summed E-state index contributed by atoms with van der Waals surface area (Å²) >= 11 is 0. The molecule has 4 aromatic rings. The number of methoxy groups -OCH3 is 1. The van der Waals surface area contributed by atoms with E-state index in [9.17, 15) is 9.59 Å². The first-order valence-corrected chi connectivity index (χ1v) is 10.6. The Balaban J connectivity index is 1.47. The highest BCUT2D eigenvalue weighted by Gasteiger charge is 2.15. The fourth-order valence-electron chi connectivity index (χ4n) is 3.20. The van der Waals surface area contributed by atoms with Crippen LogP contribution in [0.2, 0.25) is 0 Å². The average molecular weight is 457 g/mol. The van der Waals surface area contributed by atoms with Crippen LogP contribution in [0.15, 0.2) is 72.8 Å². The quantitative estimate of drug-likeness (QED) is 0.327. The number of anilines is 4. The number of fused-ring (bicyclic) bond motifs is 1. The predicted molar refractivity (Wildman–Crippen MR) is 131 cm³/mol. The molecule has 0 fully saturated rings. The minimum absolute atomic E-state index is 0.0171. The zero-order valence-electron chi connectivity index (χ0n) is 18.7. The molecule has 0 spiro atoms. The first-order valence-electron chi connectivity index (χ1n) is 10.6. The van der Waals surface area contributed by atoms with E-state index >= 15 is 0 Å². The molecule has 0 saturated carbocycles. The van der Waals surface area contributed by atoms with E-state index in [2.05, 4.69) is 25.9 Å². The third-order valence-electron chi connectivity index (χ3n) is 4.81. The molecule has 0 radical (unpaired) electrons. The van der Waals surface area contributed by atoms with Gasteiger partial charge in [0.25, 0.3) is 0 Å². The Hall–Kier alpha value is -4.66. The molecule has 0 unspecified atom stereocenters. The smallest absolute Gasteiger partial charge is 0.376 e. The van der Waals surface area contributed by atoms with Gasteiger partial charge in [-0.15, -0.1) is 0 Å². The number of hydrogen-bond acceptors (Lipinski definition) is 7. The summed E-state index contributed by atoms with van der Waals surface area (Å²) < 4.78 is 10.2. The van der Waals surface area contributed by atoms with Crippen molar-refractivity contribution in [3.8, 4) is 5.75 Å². The lowest BCUT2D eigenvalue weighted by Crippen LogP contribution is -2.19. The number of carbonyl (C=O) groups excluding carboxylic acids is 2. The number of hydrogen-bond donors (Lipinski definition) is 3. The second-order valence-corrected chi connectivity index (χ2v) is 7.14. The van der Waals surface area contributed by atoms with Crippen molar-refractivity contribution in [1.82, 2.24) is 9.97 Å². The molecular formula is C25H23N5O4. The van der Waals surface area contributed by atoms with Crippen LogP contribution < -0.4 is 20.7 Å². The summed E-state index contributed by atoms with van der Waals surface area (Å²) in [6, 6.07) is 21.1. The molecule has 0 saturated heterocycles. The maximum atomic E-state index is 12.3. The summed E-state index contributed by atoms with van der Waals surface area (Å²) in [5.74, 6) is 0.585. The fourth-order valence-corrected chi connectivity index (χ4v) is 3.20. The zero-order chi connectivity index (χ0) is 23.9. The van der Waals surface area contributed by atoms with Crippen molar-refractivity contribution >= 4 is 45.8 Å². The van der Waals surface area contributed by atoms with Crippen LogP contribution in [-0.2, 0) is 4.74 Å². The Morgan fingerprint density at radius 3 is 2.09 bits per heavy atom. The van der Waals surface area contributed by atoms with Crippen LogP contribution in [0.1, 0.15) is 17.5 Å². The van der Waals surface area contributed by atoms with Gasteiger partial charge in [0.2, 0.25) is 5.82 Å². The Morgan fingerprint density at radius 2 is 1.44 bits per heavy atom. The van der Waals surface area contributed by atoms with Gasteiger partial charge in [0.15, 0.2) is 0 Å². The number of nitrogens with zero attached hydrogens (tertiary/aromatic N) is 2. The van der Waals surface area contributed by atoms with Gasteiger partial charge in [-0.1, -0.05) is 12.1 Å². The third-order valence-corrected chi connectivity index (χ3v) is 4.81. The van der Waals surface area contributed by atoms with E-state index in [4.69, 9.17) is 9.47 Å². The van der Waals surface area contributed by atoms with E-state index in [1.807, 2.05) is 18.2 Å². The summed E-state index contributed by atoms with van der Waals surface area (Å²) in [5.41, 5.74) is 2.59. The molecule has 3 N–H and O–H groups in total. The van der Waals surface area contributed by atoms with Gasteiger partial charge in [0.05, 0.1) is 19.2 Å². The van der Waals surface area contributed by atoms with Gasteiger partial charge < -0.3 is 25.4 Å². The normalized spacial score (nSPS) is 10.4. The summed E-state index contributed by atoms with van der Waals surface area (Å²) in [7, 11) is 1.58. The molecule has 2 amide bonds. The number of ether oxygens (including phenoxy) is 2. The molecule has 4 rings (SSSR count). The first-order chi connectivity index (χ1) is 16.6. The number of rotatable bonds is 7. The van der Waals surface area contributed by atoms with Gasteiger partial charge >= 0.3 is 12.0 Å². The molecule has 172 valence electrons. The zero-order valence-corrected chi connectivity index (χ0v) is 18.7. The maximum absolute atomic E-state index is 12.3. The van der Waals surface area contributed by atoms with E-state index in [1.54, 1.807) is 68.6 Å². The monoisotopic (exact) mass is 457 g/mol. The van der Waals surface area contributed by atoms with Crippen molar-refractivity contribution in [3.63, 3.8) is 0 Å². The van der Waals surface area contributed by atoms with Crippen LogP contribution in [-0.4, -0.2) is 35.7 Å². The molecule has 0 atom stereocenters. The van der Waals surface area contributed by atoms with Crippen molar-refractivity contribution in [1.29, 1.82) is 0 Å². The molecule has 1 aromatic heterocycles. The average Bonchev–Trinajstić information content (AvgIpc) is 2.85. The van der Waals surface area contributed by atoms with Gasteiger partial charge in [-0.3, -0.25) is 0 Å². The lowest BCUT2D eigenvalue weighted by Gasteiger charge is -2.12. The molecule has 34 heavy (non-hydrogen) atoms. The molecule has 9 nitrogen and oxygen atoms in total. The number of esters is 1. The van der Waals surface area contributed by atoms with E-state index in [0.29, 0.717) is 28.5 Å². The van der Waals surface area contributed by atoms with E-state index < -0.39 is 5.97 Å². The Labute approximate surface area is 196 Å². The highest BCUT2D eigenvalue weighted by atomic mass is 16.5. The molecule has 0 aliphatic rings. The van der Waals surface area contributed by atoms with Crippen molar-refractivity contribution in [2.24, 2.45) is 0 Å². The largest absolute Gasteiger partial charge is 0.497 e. The molecular weight excluding hydrogens is 434 g/mol. The summed E-state index contributed by atoms with van der Waals surface area (Å²) in [6.45, 7) is 1.96. The van der Waals surface area contributed by atoms with E-state index in [0.717, 1.165) is 11.1 Å². The fraction of sp³-hybridized carbons (Fsp3) is 0.120. The molecule has 0 aliphatic heterocycles. The standard InChI is InChI=1S/C25H23N5O4/c1-3-34-24(31)23-29-21-7-5-4-6-20(21)22(30-23)26-16-8-10-17(11-9-16)27-25(32)28-18-12-14-19(33-2)15-13-18/h4-15H,3H2,1-2H3,(H,26,29,30)(H2,27,28,32). The molecule has 0 bridgehead atoms. The maximum Gasteiger partial charge on any atom is 0.376 e. The van der Waals surface area contributed by atoms with Gasteiger partial charge in [-0.2, -0.15) is 0 Å². The van der Waals surface area contributed by atoms with Gasteiger partial charge in [-0.25, -0.2) is 19.6 Å². The predicted octanol–water partition coefficient (Wildman–Crippen LogP) is 5.20. The van der Waals surface area contributed by atoms with Crippen LogP contribution in [0.25, 0.3) is 10.9 Å². The molecule has 9 heteroatoms. The topological polar surface area (TPSA) is 114 Å². The van der Waals surface area contributed by atoms with Gasteiger partial charge in [0.1, 0.15) is 11.6 Å². The number of nitrogens with one attached hydrogen (secondary N) is 3. The van der Waals surface area contributed by atoms with Crippen molar-refractivity contribution in [2.75, 3.05) is 29.7 Å². The van der Waals surface area contributed by atoms with Gasteiger partial charge in [0, 0.05) is 22.4 Å². The number of carbonyl (C=O) groups is 2. The molecule has 3 aromatic carbocycles. The van der Waals surface area contributed by atoms with Crippen LogP contribution in [0, 0.1) is 0 Å². The summed E-state index contributed by atoms with van der Waals surface area (Å²) in [4.78, 5) is 33.1. The summed E-state index contributed by atoms with van der Waals surface area (Å²) in [6.07, 6.45) is 0. The number of aromatic nitrogens is 2. The highest BCUT2D eigenvalue weighted by molar-refractivity contribution is 6.00. The van der Waals surface area contributed by atoms with Crippen LogP contribution in [0.4, 0.5) is 27.7 Å². The number of benzene rings is 3. The van der Waals surface area contributed by atoms with Crippen LogP contribution in [0.5, 0.6) is 5.75 Å². The van der Waals surface area contributed by atoms with E-state index in [1.165, 1.54) is 0 Å². The lowest BCUT2D eigenvalue weighted by molar-refractivity contribution is 0.0512. The lowest BCUT2D eigenvalue weighted by atomic mass is 10.2. The third kappa shape index (κ3) is 5.39. The first kappa shape index (κ1) is 22.5. The summed E-state index contributed by atoms with van der Waals surface area (Å²) in [5, 5.41) is 9.52. The Kier molecular flexibility index (Phi) is 6.83.